The van der Waals surface area contributed by atoms with Crippen LogP contribution in [-0.4, -0.2) is 16.0 Å². The second kappa shape index (κ2) is 3.60. The fraction of sp³-hybridized carbons (Fsp3) is 0. The SMILES string of the molecule is O=C(O)c1coc2cc([N+](=O)[O-])c(Br)cc12. The second-order valence-corrected chi connectivity index (χ2v) is 3.87. The van der Waals surface area contributed by atoms with Gasteiger partial charge in [-0.15, -0.1) is 0 Å². The van der Waals surface area contributed by atoms with Gasteiger partial charge in [-0.3, -0.25) is 10.1 Å². The number of nitro benzene ring substituents is 1. The molecule has 0 bridgehead atoms. The number of hydrogen-bond acceptors (Lipinski definition) is 4. The van der Waals surface area contributed by atoms with Gasteiger partial charge in [-0.05, 0) is 22.0 Å². The number of carboxylic acid groups (broad SMARTS) is 1. The van der Waals surface area contributed by atoms with Gasteiger partial charge in [-0.25, -0.2) is 4.79 Å². The summed E-state index contributed by atoms with van der Waals surface area (Å²) in [5, 5.41) is 19.8. The van der Waals surface area contributed by atoms with E-state index < -0.39 is 10.9 Å². The van der Waals surface area contributed by atoms with Crippen LogP contribution in [0.3, 0.4) is 0 Å². The Morgan fingerprint density at radius 3 is 2.75 bits per heavy atom. The largest absolute Gasteiger partial charge is 0.478 e. The standard InChI is InChI=1S/C9H4BrNO5/c10-6-1-4-5(9(12)13)3-16-8(4)2-7(6)11(14)15/h1-3H,(H,12,13). The normalized spacial score (nSPS) is 10.6. The van der Waals surface area contributed by atoms with Crippen LogP contribution in [-0.2, 0) is 0 Å². The Balaban J connectivity index is 2.76. The minimum Gasteiger partial charge on any atom is -0.478 e. The van der Waals surface area contributed by atoms with Crippen molar-refractivity contribution in [2.45, 2.75) is 0 Å². The third-order valence-electron chi connectivity index (χ3n) is 2.07. The second-order valence-electron chi connectivity index (χ2n) is 3.01. The molecule has 0 atom stereocenters. The first kappa shape index (κ1) is 10.6. The number of furan rings is 1. The van der Waals surface area contributed by atoms with E-state index in [4.69, 9.17) is 9.52 Å². The van der Waals surface area contributed by atoms with Crippen LogP contribution >= 0.6 is 15.9 Å². The summed E-state index contributed by atoms with van der Waals surface area (Å²) in [4.78, 5) is 20.8. The van der Waals surface area contributed by atoms with Crippen molar-refractivity contribution in [1.29, 1.82) is 0 Å². The topological polar surface area (TPSA) is 93.6 Å². The summed E-state index contributed by atoms with van der Waals surface area (Å²) >= 11 is 3.01. The summed E-state index contributed by atoms with van der Waals surface area (Å²) < 4.78 is 5.17. The Labute approximate surface area is 96.7 Å². The maximum atomic E-state index is 10.8. The lowest BCUT2D eigenvalue weighted by Crippen LogP contribution is -1.94. The van der Waals surface area contributed by atoms with Gasteiger partial charge in [0.05, 0.1) is 15.5 Å². The van der Waals surface area contributed by atoms with Gasteiger partial charge in [-0.2, -0.15) is 0 Å². The van der Waals surface area contributed by atoms with Gasteiger partial charge in [0.25, 0.3) is 5.69 Å². The summed E-state index contributed by atoms with van der Waals surface area (Å²) in [5.74, 6) is -1.14. The van der Waals surface area contributed by atoms with Crippen LogP contribution in [0.4, 0.5) is 5.69 Å². The summed E-state index contributed by atoms with van der Waals surface area (Å²) in [6, 6.07) is 2.55. The van der Waals surface area contributed by atoms with E-state index in [9.17, 15) is 14.9 Å². The van der Waals surface area contributed by atoms with Crippen LogP contribution in [0.1, 0.15) is 10.4 Å². The van der Waals surface area contributed by atoms with E-state index in [-0.39, 0.29) is 21.3 Å². The number of aromatic carboxylic acids is 1. The zero-order valence-electron chi connectivity index (χ0n) is 7.64. The smallest absolute Gasteiger partial charge is 0.339 e. The molecule has 0 aliphatic carbocycles. The molecule has 7 heteroatoms. The van der Waals surface area contributed by atoms with Crippen LogP contribution in [0.2, 0.25) is 0 Å². The van der Waals surface area contributed by atoms with E-state index in [2.05, 4.69) is 15.9 Å². The molecule has 0 amide bonds. The van der Waals surface area contributed by atoms with Gasteiger partial charge < -0.3 is 9.52 Å². The molecule has 0 aliphatic rings. The number of halogens is 1. The summed E-state index contributed by atoms with van der Waals surface area (Å²) in [7, 11) is 0. The highest BCUT2D eigenvalue weighted by molar-refractivity contribution is 9.10. The molecule has 2 aromatic rings. The van der Waals surface area contributed by atoms with Crippen molar-refractivity contribution < 1.29 is 19.2 Å². The van der Waals surface area contributed by atoms with Gasteiger partial charge in [0.15, 0.2) is 0 Å². The van der Waals surface area contributed by atoms with Crippen molar-refractivity contribution >= 4 is 38.6 Å². The summed E-state index contributed by atoms with van der Waals surface area (Å²) in [6.45, 7) is 0. The van der Waals surface area contributed by atoms with Crippen LogP contribution in [0.5, 0.6) is 0 Å². The van der Waals surface area contributed by atoms with E-state index in [1.807, 2.05) is 0 Å². The molecule has 1 aromatic heterocycles. The molecule has 2 rings (SSSR count). The van der Waals surface area contributed by atoms with Crippen molar-refractivity contribution in [3.63, 3.8) is 0 Å². The maximum Gasteiger partial charge on any atom is 0.339 e. The van der Waals surface area contributed by atoms with Gasteiger partial charge in [-0.1, -0.05) is 0 Å². The fourth-order valence-corrected chi connectivity index (χ4v) is 1.83. The first-order valence-corrected chi connectivity index (χ1v) is 4.88. The van der Waals surface area contributed by atoms with Crippen LogP contribution in [0.25, 0.3) is 11.0 Å². The lowest BCUT2D eigenvalue weighted by atomic mass is 10.1. The molecule has 6 nitrogen and oxygen atoms in total. The van der Waals surface area contributed by atoms with E-state index in [0.717, 1.165) is 6.26 Å². The predicted molar refractivity (Wildman–Crippen MR) is 57.5 cm³/mol. The van der Waals surface area contributed by atoms with E-state index in [1.165, 1.54) is 12.1 Å². The van der Waals surface area contributed by atoms with Crippen LogP contribution in [0, 0.1) is 10.1 Å². The fourth-order valence-electron chi connectivity index (χ4n) is 1.34. The number of nitro groups is 1. The van der Waals surface area contributed by atoms with E-state index >= 15 is 0 Å². The Morgan fingerprint density at radius 1 is 1.50 bits per heavy atom. The minimum atomic E-state index is -1.14. The van der Waals surface area contributed by atoms with Crippen LogP contribution < -0.4 is 0 Å². The van der Waals surface area contributed by atoms with E-state index in [1.54, 1.807) is 0 Å². The lowest BCUT2D eigenvalue weighted by Gasteiger charge is -1.95. The Morgan fingerprint density at radius 2 is 2.19 bits per heavy atom. The molecular formula is C9H4BrNO5. The molecule has 0 fully saturated rings. The molecule has 0 saturated carbocycles. The lowest BCUT2D eigenvalue weighted by molar-refractivity contribution is -0.385. The van der Waals surface area contributed by atoms with Crippen molar-refractivity contribution in [2.24, 2.45) is 0 Å². The van der Waals surface area contributed by atoms with Gasteiger partial charge in [0.2, 0.25) is 0 Å². The Bertz CT molecular complexity index is 603. The molecule has 82 valence electrons. The number of nitrogens with zero attached hydrogens (tertiary/aromatic N) is 1. The Hall–Kier alpha value is -1.89. The highest BCUT2D eigenvalue weighted by Gasteiger charge is 2.19. The maximum absolute atomic E-state index is 10.8. The first-order valence-electron chi connectivity index (χ1n) is 4.09. The monoisotopic (exact) mass is 285 g/mol. The van der Waals surface area contributed by atoms with Crippen molar-refractivity contribution in [3.05, 3.63) is 38.5 Å². The zero-order chi connectivity index (χ0) is 11.9. The zero-order valence-corrected chi connectivity index (χ0v) is 9.22. The Kier molecular flexibility index (Phi) is 2.39. The number of fused-ring (bicyclic) bond motifs is 1. The molecule has 0 aliphatic heterocycles. The predicted octanol–water partition coefficient (Wildman–Crippen LogP) is 2.80. The van der Waals surface area contributed by atoms with Crippen molar-refractivity contribution in [1.82, 2.24) is 0 Å². The molecular weight excluding hydrogens is 282 g/mol. The number of benzene rings is 1. The van der Waals surface area contributed by atoms with Gasteiger partial charge >= 0.3 is 5.97 Å². The molecule has 1 heterocycles. The van der Waals surface area contributed by atoms with Gasteiger partial charge in [0.1, 0.15) is 17.4 Å². The highest BCUT2D eigenvalue weighted by Crippen LogP contribution is 2.32. The molecule has 16 heavy (non-hydrogen) atoms. The molecule has 1 aromatic carbocycles. The number of carbonyl (C=O) groups is 1. The van der Waals surface area contributed by atoms with E-state index in [0.29, 0.717) is 5.39 Å². The minimum absolute atomic E-state index is 0.0226. The van der Waals surface area contributed by atoms with Crippen LogP contribution in [0.15, 0.2) is 27.3 Å². The molecule has 0 unspecified atom stereocenters. The quantitative estimate of drug-likeness (QED) is 0.676. The van der Waals surface area contributed by atoms with Crippen molar-refractivity contribution in [2.75, 3.05) is 0 Å². The number of carboxylic acids is 1. The van der Waals surface area contributed by atoms with Crippen molar-refractivity contribution in [3.8, 4) is 0 Å². The molecule has 0 spiro atoms. The number of rotatable bonds is 2. The van der Waals surface area contributed by atoms with Gasteiger partial charge in [0, 0.05) is 5.39 Å². The molecule has 0 saturated heterocycles. The third kappa shape index (κ3) is 1.54. The number of hydrogen-bond donors (Lipinski definition) is 1. The molecule has 0 radical (unpaired) electrons. The first-order chi connectivity index (χ1) is 7.50. The summed E-state index contributed by atoms with van der Waals surface area (Å²) in [5.41, 5.74) is -0.0170. The average molecular weight is 286 g/mol. The highest BCUT2D eigenvalue weighted by atomic mass is 79.9. The third-order valence-corrected chi connectivity index (χ3v) is 2.71. The average Bonchev–Trinajstić information content (AvgIpc) is 2.58. The summed E-state index contributed by atoms with van der Waals surface area (Å²) in [6.07, 6.45) is 1.06. The molecule has 1 N–H and O–H groups in total.